The molecule has 2 rings (SSSR count). The Balaban J connectivity index is 2.32. The van der Waals surface area contributed by atoms with Gasteiger partial charge in [-0.3, -0.25) is 4.68 Å². The molecule has 5 heteroatoms. The molecule has 3 nitrogen and oxygen atoms in total. The zero-order valence-corrected chi connectivity index (χ0v) is 14.0. The SMILES string of the molecule is Cc1cc(Br)c(F)cc1NC(C)c1c(C)nn(C)c1C. The minimum Gasteiger partial charge on any atom is -0.378 e. The number of aryl methyl sites for hydroxylation is 3. The molecule has 0 aliphatic rings. The van der Waals surface area contributed by atoms with Crippen molar-refractivity contribution in [3.8, 4) is 0 Å². The number of benzene rings is 1. The number of hydrogen-bond donors (Lipinski definition) is 1. The highest BCUT2D eigenvalue weighted by atomic mass is 79.9. The van der Waals surface area contributed by atoms with Gasteiger partial charge in [-0.05, 0) is 61.3 Å². The van der Waals surface area contributed by atoms with E-state index in [-0.39, 0.29) is 11.9 Å². The monoisotopic (exact) mass is 339 g/mol. The van der Waals surface area contributed by atoms with Gasteiger partial charge < -0.3 is 5.32 Å². The van der Waals surface area contributed by atoms with Crippen LogP contribution >= 0.6 is 15.9 Å². The summed E-state index contributed by atoms with van der Waals surface area (Å²) < 4.78 is 16.0. The molecule has 0 saturated heterocycles. The van der Waals surface area contributed by atoms with Gasteiger partial charge in [0, 0.05) is 24.0 Å². The predicted molar refractivity (Wildman–Crippen MR) is 83.6 cm³/mol. The second-order valence-electron chi connectivity index (χ2n) is 5.16. The van der Waals surface area contributed by atoms with E-state index in [1.54, 1.807) is 6.07 Å². The Morgan fingerprint density at radius 2 is 1.95 bits per heavy atom. The van der Waals surface area contributed by atoms with Gasteiger partial charge in [0.15, 0.2) is 0 Å². The predicted octanol–water partition coefficient (Wildman–Crippen LogP) is 4.42. The third-order valence-electron chi connectivity index (χ3n) is 3.64. The second-order valence-corrected chi connectivity index (χ2v) is 6.01. The third-order valence-corrected chi connectivity index (χ3v) is 4.24. The Labute approximate surface area is 127 Å². The minimum absolute atomic E-state index is 0.0722. The van der Waals surface area contributed by atoms with Crippen molar-refractivity contribution < 1.29 is 4.39 Å². The molecule has 1 unspecified atom stereocenters. The summed E-state index contributed by atoms with van der Waals surface area (Å²) in [5.74, 6) is -0.259. The number of nitrogens with zero attached hydrogens (tertiary/aromatic N) is 2. The van der Waals surface area contributed by atoms with E-state index in [9.17, 15) is 4.39 Å². The fourth-order valence-corrected chi connectivity index (χ4v) is 2.98. The quantitative estimate of drug-likeness (QED) is 0.896. The summed E-state index contributed by atoms with van der Waals surface area (Å²) in [5, 5.41) is 7.80. The number of hydrogen-bond acceptors (Lipinski definition) is 2. The van der Waals surface area contributed by atoms with E-state index in [1.165, 1.54) is 6.07 Å². The number of halogens is 2. The molecule has 20 heavy (non-hydrogen) atoms. The van der Waals surface area contributed by atoms with E-state index in [1.807, 2.05) is 32.5 Å². The van der Waals surface area contributed by atoms with Crippen LogP contribution in [0.25, 0.3) is 0 Å². The molecule has 1 atom stereocenters. The van der Waals surface area contributed by atoms with Crippen molar-refractivity contribution >= 4 is 21.6 Å². The largest absolute Gasteiger partial charge is 0.378 e. The van der Waals surface area contributed by atoms with Gasteiger partial charge in [-0.1, -0.05) is 0 Å². The Morgan fingerprint density at radius 3 is 2.50 bits per heavy atom. The average Bonchev–Trinajstić information content (AvgIpc) is 2.60. The van der Waals surface area contributed by atoms with Gasteiger partial charge in [-0.2, -0.15) is 5.10 Å². The highest BCUT2D eigenvalue weighted by Gasteiger charge is 2.17. The molecule has 1 N–H and O–H groups in total. The number of rotatable bonds is 3. The highest BCUT2D eigenvalue weighted by molar-refractivity contribution is 9.10. The first-order valence-electron chi connectivity index (χ1n) is 6.53. The van der Waals surface area contributed by atoms with Crippen LogP contribution in [0.2, 0.25) is 0 Å². The van der Waals surface area contributed by atoms with E-state index in [0.29, 0.717) is 4.47 Å². The molecule has 0 fully saturated rings. The van der Waals surface area contributed by atoms with Crippen LogP contribution in [0.4, 0.5) is 10.1 Å². The van der Waals surface area contributed by atoms with Crippen molar-refractivity contribution in [2.45, 2.75) is 33.7 Å². The lowest BCUT2D eigenvalue weighted by atomic mass is 10.1. The molecule has 1 aromatic heterocycles. The van der Waals surface area contributed by atoms with Crippen LogP contribution in [0, 0.1) is 26.6 Å². The van der Waals surface area contributed by atoms with E-state index in [0.717, 1.165) is 28.2 Å². The Morgan fingerprint density at radius 1 is 1.30 bits per heavy atom. The first-order valence-corrected chi connectivity index (χ1v) is 7.32. The molecule has 108 valence electrons. The Bertz CT molecular complexity index is 649. The van der Waals surface area contributed by atoms with Gasteiger partial charge in [-0.25, -0.2) is 4.39 Å². The second kappa shape index (κ2) is 5.56. The molecular weight excluding hydrogens is 321 g/mol. The van der Waals surface area contributed by atoms with Gasteiger partial charge in [0.25, 0.3) is 0 Å². The highest BCUT2D eigenvalue weighted by Crippen LogP contribution is 2.29. The molecule has 0 radical (unpaired) electrons. The summed E-state index contributed by atoms with van der Waals surface area (Å²) in [4.78, 5) is 0. The van der Waals surface area contributed by atoms with Crippen LogP contribution in [0.1, 0.15) is 35.5 Å². The Hall–Kier alpha value is -1.36. The smallest absolute Gasteiger partial charge is 0.139 e. The molecular formula is C15H19BrFN3. The van der Waals surface area contributed by atoms with E-state index < -0.39 is 0 Å². The summed E-state index contributed by atoms with van der Waals surface area (Å²) in [6, 6.07) is 3.38. The molecule has 0 aliphatic heterocycles. The molecule has 0 amide bonds. The third kappa shape index (κ3) is 2.73. The summed E-state index contributed by atoms with van der Waals surface area (Å²) >= 11 is 3.20. The minimum atomic E-state index is -0.259. The maximum Gasteiger partial charge on any atom is 0.139 e. The van der Waals surface area contributed by atoms with Crippen LogP contribution in [0.15, 0.2) is 16.6 Å². The van der Waals surface area contributed by atoms with E-state index in [4.69, 9.17) is 0 Å². The first-order chi connectivity index (χ1) is 9.31. The molecule has 2 aromatic rings. The summed E-state index contributed by atoms with van der Waals surface area (Å²) in [5.41, 5.74) is 5.10. The molecule has 1 heterocycles. The molecule has 0 saturated carbocycles. The lowest BCUT2D eigenvalue weighted by molar-refractivity contribution is 0.620. The molecule has 1 aromatic carbocycles. The molecule has 0 spiro atoms. The van der Waals surface area contributed by atoms with E-state index in [2.05, 4.69) is 33.3 Å². The van der Waals surface area contributed by atoms with Gasteiger partial charge in [0.1, 0.15) is 5.82 Å². The maximum atomic E-state index is 13.7. The summed E-state index contributed by atoms with van der Waals surface area (Å²) in [6.07, 6.45) is 0. The van der Waals surface area contributed by atoms with Gasteiger partial charge >= 0.3 is 0 Å². The van der Waals surface area contributed by atoms with Crippen molar-refractivity contribution in [2.75, 3.05) is 5.32 Å². The van der Waals surface area contributed by atoms with Crippen LogP contribution in [0.3, 0.4) is 0 Å². The fraction of sp³-hybridized carbons (Fsp3) is 0.400. The standard InChI is InChI=1S/C15H19BrFN3/c1-8-6-12(16)13(17)7-14(8)18-9(2)15-10(3)19-20(5)11(15)4/h6-7,9,18H,1-5H3. The first kappa shape index (κ1) is 15.0. The zero-order chi connectivity index (χ0) is 15.0. The molecule has 0 bridgehead atoms. The van der Waals surface area contributed by atoms with Gasteiger partial charge in [-0.15, -0.1) is 0 Å². The number of aromatic nitrogens is 2. The number of anilines is 1. The topological polar surface area (TPSA) is 29.9 Å². The fourth-order valence-electron chi connectivity index (χ4n) is 2.52. The Kier molecular flexibility index (Phi) is 4.18. The molecule has 0 aliphatic carbocycles. The van der Waals surface area contributed by atoms with Crippen molar-refractivity contribution in [1.82, 2.24) is 9.78 Å². The van der Waals surface area contributed by atoms with Crippen LogP contribution in [0.5, 0.6) is 0 Å². The summed E-state index contributed by atoms with van der Waals surface area (Å²) in [7, 11) is 1.93. The summed E-state index contributed by atoms with van der Waals surface area (Å²) in [6.45, 7) is 8.07. The lowest BCUT2D eigenvalue weighted by Crippen LogP contribution is -2.10. The van der Waals surface area contributed by atoms with Crippen molar-refractivity contribution in [3.63, 3.8) is 0 Å². The average molecular weight is 340 g/mol. The van der Waals surface area contributed by atoms with Crippen molar-refractivity contribution in [1.29, 1.82) is 0 Å². The normalized spacial score (nSPS) is 12.6. The van der Waals surface area contributed by atoms with Crippen LogP contribution in [-0.2, 0) is 7.05 Å². The zero-order valence-electron chi connectivity index (χ0n) is 12.4. The van der Waals surface area contributed by atoms with Crippen LogP contribution in [-0.4, -0.2) is 9.78 Å². The van der Waals surface area contributed by atoms with Crippen molar-refractivity contribution in [3.05, 3.63) is 44.9 Å². The van der Waals surface area contributed by atoms with Crippen LogP contribution < -0.4 is 5.32 Å². The number of nitrogens with one attached hydrogen (secondary N) is 1. The van der Waals surface area contributed by atoms with E-state index >= 15 is 0 Å². The van der Waals surface area contributed by atoms with Gasteiger partial charge in [0.05, 0.1) is 16.2 Å². The lowest BCUT2D eigenvalue weighted by Gasteiger charge is -2.18. The van der Waals surface area contributed by atoms with Gasteiger partial charge in [0.2, 0.25) is 0 Å². The maximum absolute atomic E-state index is 13.7. The van der Waals surface area contributed by atoms with Crippen molar-refractivity contribution in [2.24, 2.45) is 7.05 Å².